The normalized spacial score (nSPS) is 13.1. The molecule has 0 aromatic heterocycles. The summed E-state index contributed by atoms with van der Waals surface area (Å²) >= 11 is 0. The van der Waals surface area contributed by atoms with E-state index in [1.54, 1.807) is 12.2 Å². The van der Waals surface area contributed by atoms with Gasteiger partial charge in [0, 0.05) is 6.61 Å². The predicted molar refractivity (Wildman–Crippen MR) is 97.4 cm³/mol. The van der Waals surface area contributed by atoms with Crippen LogP contribution in [0.2, 0.25) is 18.1 Å². The fourth-order valence-electron chi connectivity index (χ4n) is 1.60. The minimum absolute atomic E-state index is 0.0104. The van der Waals surface area contributed by atoms with Crippen molar-refractivity contribution in [3.05, 3.63) is 54.1 Å². The van der Waals surface area contributed by atoms with Crippen molar-refractivity contribution in [3.63, 3.8) is 0 Å². The first-order chi connectivity index (χ1) is 10.2. The first-order valence-corrected chi connectivity index (χ1v) is 10.7. The van der Waals surface area contributed by atoms with Crippen molar-refractivity contribution in [2.45, 2.75) is 45.3 Å². The zero-order valence-corrected chi connectivity index (χ0v) is 15.4. The molecule has 2 nitrogen and oxygen atoms in total. The van der Waals surface area contributed by atoms with Gasteiger partial charge in [0.1, 0.15) is 0 Å². The Labute approximate surface area is 136 Å². The summed E-state index contributed by atoms with van der Waals surface area (Å²) in [5.74, 6) is 0.0104. The van der Waals surface area contributed by atoms with E-state index in [0.717, 1.165) is 12.0 Å². The fourth-order valence-corrected chi connectivity index (χ4v) is 2.66. The van der Waals surface area contributed by atoms with Crippen LogP contribution in [0.1, 0.15) is 32.8 Å². The number of benzene rings is 1. The summed E-state index contributed by atoms with van der Waals surface area (Å²) in [6, 6.07) is 9.82. The molecule has 0 aliphatic heterocycles. The second-order valence-electron chi connectivity index (χ2n) is 6.95. The van der Waals surface area contributed by atoms with Gasteiger partial charge in [0.2, 0.25) is 0 Å². The van der Waals surface area contributed by atoms with Crippen LogP contribution in [0.4, 0.5) is 0 Å². The highest BCUT2D eigenvalue weighted by molar-refractivity contribution is 6.74. The molecule has 0 aliphatic rings. The average molecular weight is 317 g/mol. The van der Waals surface area contributed by atoms with E-state index in [1.807, 2.05) is 42.5 Å². The molecular weight excluding hydrogens is 288 g/mol. The molecule has 22 heavy (non-hydrogen) atoms. The molecule has 0 atom stereocenters. The second kappa shape index (κ2) is 8.25. The highest BCUT2D eigenvalue weighted by Gasteiger charge is 2.36. The summed E-state index contributed by atoms with van der Waals surface area (Å²) in [5.41, 5.74) is 1.03. The molecule has 0 bridgehead atoms. The van der Waals surface area contributed by atoms with Gasteiger partial charge in [-0.2, -0.15) is 0 Å². The number of carbonyl (C=O) groups excluding carboxylic acids is 1. The van der Waals surface area contributed by atoms with Crippen molar-refractivity contribution in [2.24, 2.45) is 0 Å². The van der Waals surface area contributed by atoms with E-state index in [1.165, 1.54) is 0 Å². The molecular formula is C19H28O2Si. The van der Waals surface area contributed by atoms with Crippen LogP contribution in [0.25, 0.3) is 6.08 Å². The Bertz CT molecular complexity index is 522. The zero-order valence-electron chi connectivity index (χ0n) is 14.4. The van der Waals surface area contributed by atoms with E-state index < -0.39 is 8.32 Å². The lowest BCUT2D eigenvalue weighted by molar-refractivity contribution is -0.110. The van der Waals surface area contributed by atoms with E-state index >= 15 is 0 Å². The average Bonchev–Trinajstić information content (AvgIpc) is 2.44. The Morgan fingerprint density at radius 2 is 1.77 bits per heavy atom. The highest BCUT2D eigenvalue weighted by Crippen LogP contribution is 2.36. The SMILES string of the molecule is CC(C)(C)[Si](C)(C)OCC/C=C/C(=O)/C=C/c1ccccc1. The maximum absolute atomic E-state index is 11.7. The summed E-state index contributed by atoms with van der Waals surface area (Å²) in [4.78, 5) is 11.7. The molecule has 0 fully saturated rings. The number of rotatable bonds is 7. The van der Waals surface area contributed by atoms with E-state index in [-0.39, 0.29) is 10.8 Å². The molecule has 1 rings (SSSR count). The van der Waals surface area contributed by atoms with Crippen LogP contribution in [0.5, 0.6) is 0 Å². The molecule has 1 aromatic carbocycles. The maximum atomic E-state index is 11.7. The van der Waals surface area contributed by atoms with Gasteiger partial charge in [-0.1, -0.05) is 63.3 Å². The van der Waals surface area contributed by atoms with E-state index in [9.17, 15) is 4.79 Å². The van der Waals surface area contributed by atoms with Crippen LogP contribution in [-0.4, -0.2) is 20.7 Å². The van der Waals surface area contributed by atoms with E-state index in [2.05, 4.69) is 33.9 Å². The Balaban J connectivity index is 2.34. The number of ketones is 1. The Kier molecular flexibility index (Phi) is 6.97. The standard InChI is InChI=1S/C19H28O2Si/c1-19(2,3)22(4,5)21-16-10-9-13-18(20)15-14-17-11-7-6-8-12-17/h6-9,11-15H,10,16H2,1-5H3/b13-9+,15-14+. The smallest absolute Gasteiger partial charge is 0.191 e. The lowest BCUT2D eigenvalue weighted by Gasteiger charge is -2.36. The van der Waals surface area contributed by atoms with Crippen molar-refractivity contribution < 1.29 is 9.22 Å². The van der Waals surface area contributed by atoms with Crippen molar-refractivity contribution >= 4 is 20.2 Å². The third-order valence-corrected chi connectivity index (χ3v) is 8.61. The van der Waals surface area contributed by atoms with Crippen molar-refractivity contribution in [1.82, 2.24) is 0 Å². The monoisotopic (exact) mass is 316 g/mol. The first kappa shape index (κ1) is 18.6. The highest BCUT2D eigenvalue weighted by atomic mass is 28.4. The third kappa shape index (κ3) is 6.54. The molecule has 120 valence electrons. The molecule has 0 unspecified atom stereocenters. The third-order valence-electron chi connectivity index (χ3n) is 4.08. The molecule has 0 amide bonds. The number of hydrogen-bond donors (Lipinski definition) is 0. The molecule has 1 aromatic rings. The molecule has 0 radical (unpaired) electrons. The molecule has 0 heterocycles. The Hall–Kier alpha value is -1.45. The van der Waals surface area contributed by atoms with E-state index in [0.29, 0.717) is 6.61 Å². The van der Waals surface area contributed by atoms with Gasteiger partial charge >= 0.3 is 0 Å². The number of allylic oxidation sites excluding steroid dienone is 2. The summed E-state index contributed by atoms with van der Waals surface area (Å²) in [5, 5.41) is 0.227. The Morgan fingerprint density at radius 3 is 2.36 bits per heavy atom. The van der Waals surface area contributed by atoms with Crippen LogP contribution in [-0.2, 0) is 9.22 Å². The van der Waals surface area contributed by atoms with Gasteiger partial charge in [0.15, 0.2) is 14.1 Å². The van der Waals surface area contributed by atoms with Crippen molar-refractivity contribution in [1.29, 1.82) is 0 Å². The molecule has 0 N–H and O–H groups in total. The lowest BCUT2D eigenvalue weighted by Crippen LogP contribution is -2.40. The van der Waals surface area contributed by atoms with Crippen molar-refractivity contribution in [3.8, 4) is 0 Å². The largest absolute Gasteiger partial charge is 0.417 e. The molecule has 0 saturated heterocycles. The second-order valence-corrected chi connectivity index (χ2v) is 11.8. The van der Waals surface area contributed by atoms with Crippen molar-refractivity contribution in [2.75, 3.05) is 6.61 Å². The van der Waals surface area contributed by atoms with Gasteiger partial charge in [0.05, 0.1) is 0 Å². The number of carbonyl (C=O) groups is 1. The summed E-state index contributed by atoms with van der Waals surface area (Å²) in [6.45, 7) is 11.9. The minimum Gasteiger partial charge on any atom is -0.417 e. The van der Waals surface area contributed by atoms with Crippen LogP contribution in [0.15, 0.2) is 48.6 Å². The quantitative estimate of drug-likeness (QED) is 0.391. The topological polar surface area (TPSA) is 26.3 Å². The summed E-state index contributed by atoms with van der Waals surface area (Å²) in [7, 11) is -1.67. The van der Waals surface area contributed by atoms with Gasteiger partial charge in [-0.05, 0) is 42.3 Å². The maximum Gasteiger partial charge on any atom is 0.191 e. The minimum atomic E-state index is -1.67. The van der Waals surface area contributed by atoms with Gasteiger partial charge in [-0.3, -0.25) is 4.79 Å². The molecule has 0 aliphatic carbocycles. The first-order valence-electron chi connectivity index (χ1n) is 7.80. The summed E-state index contributed by atoms with van der Waals surface area (Å²) in [6.07, 6.45) is 7.72. The van der Waals surface area contributed by atoms with Crippen LogP contribution in [0, 0.1) is 0 Å². The van der Waals surface area contributed by atoms with Gasteiger partial charge in [0.25, 0.3) is 0 Å². The molecule has 3 heteroatoms. The van der Waals surface area contributed by atoms with Crippen LogP contribution < -0.4 is 0 Å². The van der Waals surface area contributed by atoms with Gasteiger partial charge < -0.3 is 4.43 Å². The van der Waals surface area contributed by atoms with Gasteiger partial charge in [-0.15, -0.1) is 0 Å². The fraction of sp³-hybridized carbons (Fsp3) is 0.421. The lowest BCUT2D eigenvalue weighted by atomic mass is 10.2. The zero-order chi connectivity index (χ0) is 16.6. The number of hydrogen-bond acceptors (Lipinski definition) is 2. The van der Waals surface area contributed by atoms with Gasteiger partial charge in [-0.25, -0.2) is 0 Å². The predicted octanol–water partition coefficient (Wildman–Crippen LogP) is 5.24. The molecule has 0 spiro atoms. The van der Waals surface area contributed by atoms with Crippen LogP contribution >= 0.6 is 0 Å². The summed E-state index contributed by atoms with van der Waals surface area (Å²) < 4.78 is 6.06. The Morgan fingerprint density at radius 1 is 1.14 bits per heavy atom. The van der Waals surface area contributed by atoms with E-state index in [4.69, 9.17) is 4.43 Å². The molecule has 0 saturated carbocycles. The van der Waals surface area contributed by atoms with Crippen LogP contribution in [0.3, 0.4) is 0 Å².